The largest absolute Gasteiger partial charge is 0.497 e. The topological polar surface area (TPSA) is 88.2 Å². The van der Waals surface area contributed by atoms with Crippen LogP contribution in [0.1, 0.15) is 12.0 Å². The van der Waals surface area contributed by atoms with Gasteiger partial charge in [0.2, 0.25) is 5.91 Å². The van der Waals surface area contributed by atoms with Gasteiger partial charge >= 0.3 is 6.03 Å². The highest BCUT2D eigenvalue weighted by Crippen LogP contribution is 2.29. The second-order valence-electron chi connectivity index (χ2n) is 7.77. The normalized spacial score (nSPS) is 15.4. The molecule has 1 heterocycles. The lowest BCUT2D eigenvalue weighted by Gasteiger charge is -2.22. The minimum Gasteiger partial charge on any atom is -0.497 e. The lowest BCUT2D eigenvalue weighted by Crippen LogP contribution is -2.37. The average molecular weight is 460 g/mol. The number of methoxy groups -OCH3 is 2. The number of benzene rings is 3. The summed E-state index contributed by atoms with van der Waals surface area (Å²) in [4.78, 5) is 42.1. The molecule has 0 spiro atoms. The number of imide groups is 1. The van der Waals surface area contributed by atoms with Gasteiger partial charge < -0.3 is 19.7 Å². The summed E-state index contributed by atoms with van der Waals surface area (Å²) in [6.45, 7) is 0.158. The Morgan fingerprint density at radius 2 is 1.59 bits per heavy atom. The summed E-state index contributed by atoms with van der Waals surface area (Å²) in [6.07, 6.45) is -0.177. The number of ether oxygens (including phenoxy) is 2. The SMILES string of the molecule is COc1ccc(NC(=O)C[C@@H]2C(=O)N(c3ccccc3)C(=O)N2Cc2cccc(OC)c2)cc1. The molecule has 3 aromatic carbocycles. The lowest BCUT2D eigenvalue weighted by molar-refractivity contribution is -0.124. The van der Waals surface area contributed by atoms with Crippen LogP contribution < -0.4 is 19.7 Å². The van der Waals surface area contributed by atoms with Gasteiger partial charge in [0.25, 0.3) is 5.91 Å². The third kappa shape index (κ3) is 4.85. The molecule has 0 saturated carbocycles. The first-order valence-corrected chi connectivity index (χ1v) is 10.8. The zero-order valence-corrected chi connectivity index (χ0v) is 18.9. The number of hydrogen-bond acceptors (Lipinski definition) is 5. The van der Waals surface area contributed by atoms with Gasteiger partial charge in [-0.2, -0.15) is 0 Å². The Labute approximate surface area is 197 Å². The Morgan fingerprint density at radius 1 is 0.882 bits per heavy atom. The van der Waals surface area contributed by atoms with E-state index in [1.54, 1.807) is 74.9 Å². The van der Waals surface area contributed by atoms with Crippen molar-refractivity contribution in [3.05, 3.63) is 84.4 Å². The first kappa shape index (κ1) is 22.8. The Kier molecular flexibility index (Phi) is 6.77. The molecule has 3 aromatic rings. The molecular formula is C26H25N3O5. The predicted molar refractivity (Wildman–Crippen MR) is 128 cm³/mol. The van der Waals surface area contributed by atoms with Gasteiger partial charge in [-0.1, -0.05) is 30.3 Å². The Bertz CT molecular complexity index is 1180. The van der Waals surface area contributed by atoms with E-state index in [4.69, 9.17) is 9.47 Å². The van der Waals surface area contributed by atoms with Gasteiger partial charge in [0.1, 0.15) is 17.5 Å². The van der Waals surface area contributed by atoms with Crippen molar-refractivity contribution in [1.29, 1.82) is 0 Å². The summed E-state index contributed by atoms with van der Waals surface area (Å²) in [5, 5.41) is 2.79. The van der Waals surface area contributed by atoms with E-state index in [0.717, 1.165) is 10.5 Å². The quantitative estimate of drug-likeness (QED) is 0.513. The van der Waals surface area contributed by atoms with Crippen LogP contribution in [-0.2, 0) is 16.1 Å². The number of carbonyl (C=O) groups is 3. The van der Waals surface area contributed by atoms with Gasteiger partial charge in [-0.25, -0.2) is 9.69 Å². The molecule has 1 N–H and O–H groups in total. The molecule has 1 aliphatic heterocycles. The summed E-state index contributed by atoms with van der Waals surface area (Å²) in [5.41, 5.74) is 1.82. The maximum absolute atomic E-state index is 13.4. The van der Waals surface area contributed by atoms with E-state index in [2.05, 4.69) is 5.32 Å². The van der Waals surface area contributed by atoms with Crippen LogP contribution in [0.3, 0.4) is 0 Å². The fraction of sp³-hybridized carbons (Fsp3) is 0.192. The van der Waals surface area contributed by atoms with Crippen LogP contribution in [0.25, 0.3) is 0 Å². The highest BCUT2D eigenvalue weighted by atomic mass is 16.5. The summed E-state index contributed by atoms with van der Waals surface area (Å²) in [6, 6.07) is 21.4. The first-order chi connectivity index (χ1) is 16.5. The maximum Gasteiger partial charge on any atom is 0.332 e. The van der Waals surface area contributed by atoms with Crippen LogP contribution in [0.5, 0.6) is 11.5 Å². The zero-order valence-electron chi connectivity index (χ0n) is 18.9. The van der Waals surface area contributed by atoms with Crippen LogP contribution in [0.4, 0.5) is 16.2 Å². The molecule has 0 radical (unpaired) electrons. The van der Waals surface area contributed by atoms with Gasteiger partial charge in [-0.3, -0.25) is 9.59 Å². The number of para-hydroxylation sites is 1. The van der Waals surface area contributed by atoms with E-state index in [1.807, 2.05) is 18.2 Å². The maximum atomic E-state index is 13.4. The minimum absolute atomic E-state index is 0.158. The highest BCUT2D eigenvalue weighted by molar-refractivity contribution is 6.22. The first-order valence-electron chi connectivity index (χ1n) is 10.8. The molecule has 0 bridgehead atoms. The number of amides is 4. The molecular weight excluding hydrogens is 434 g/mol. The standard InChI is InChI=1S/C26H25N3O5/c1-33-21-13-11-19(12-14-21)27-24(30)16-23-25(31)29(20-8-4-3-5-9-20)26(32)28(23)17-18-7-6-10-22(15-18)34-2/h3-15,23H,16-17H2,1-2H3,(H,27,30)/t23-/m1/s1. The highest BCUT2D eigenvalue weighted by Gasteiger charge is 2.46. The van der Waals surface area contributed by atoms with Crippen molar-refractivity contribution in [2.45, 2.75) is 19.0 Å². The second-order valence-corrected chi connectivity index (χ2v) is 7.77. The molecule has 8 nitrogen and oxygen atoms in total. The van der Waals surface area contributed by atoms with E-state index < -0.39 is 18.0 Å². The number of hydrogen-bond donors (Lipinski definition) is 1. The van der Waals surface area contributed by atoms with Crippen molar-refractivity contribution >= 4 is 29.2 Å². The summed E-state index contributed by atoms with van der Waals surface area (Å²) in [7, 11) is 3.12. The van der Waals surface area contributed by atoms with Gasteiger partial charge in [0.15, 0.2) is 0 Å². The van der Waals surface area contributed by atoms with Crippen molar-refractivity contribution in [3.8, 4) is 11.5 Å². The van der Waals surface area contributed by atoms with Crippen molar-refractivity contribution in [2.75, 3.05) is 24.4 Å². The molecule has 1 fully saturated rings. The Morgan fingerprint density at radius 3 is 2.26 bits per heavy atom. The van der Waals surface area contributed by atoms with Gasteiger partial charge in [-0.05, 0) is 54.1 Å². The summed E-state index contributed by atoms with van der Waals surface area (Å²) < 4.78 is 10.4. The van der Waals surface area contributed by atoms with Crippen LogP contribution in [0.2, 0.25) is 0 Å². The number of nitrogens with one attached hydrogen (secondary N) is 1. The molecule has 1 saturated heterocycles. The molecule has 0 aromatic heterocycles. The van der Waals surface area contributed by atoms with E-state index in [-0.39, 0.29) is 18.9 Å². The molecule has 34 heavy (non-hydrogen) atoms. The van der Waals surface area contributed by atoms with E-state index >= 15 is 0 Å². The Balaban J connectivity index is 1.58. The smallest absolute Gasteiger partial charge is 0.332 e. The van der Waals surface area contributed by atoms with Crippen LogP contribution in [-0.4, -0.2) is 43.0 Å². The molecule has 0 aliphatic carbocycles. The number of urea groups is 1. The third-order valence-corrected chi connectivity index (χ3v) is 5.57. The van der Waals surface area contributed by atoms with Gasteiger partial charge in [-0.15, -0.1) is 0 Å². The Hall–Kier alpha value is -4.33. The second kappa shape index (κ2) is 10.1. The molecule has 4 rings (SSSR count). The number of nitrogens with zero attached hydrogens (tertiary/aromatic N) is 2. The van der Waals surface area contributed by atoms with E-state index in [9.17, 15) is 14.4 Å². The molecule has 4 amide bonds. The summed E-state index contributed by atoms with van der Waals surface area (Å²) in [5.74, 6) is 0.493. The van der Waals surface area contributed by atoms with Crippen LogP contribution in [0.15, 0.2) is 78.9 Å². The lowest BCUT2D eigenvalue weighted by atomic mass is 10.1. The predicted octanol–water partition coefficient (Wildman–Crippen LogP) is 4.07. The van der Waals surface area contributed by atoms with Crippen molar-refractivity contribution in [3.63, 3.8) is 0 Å². The molecule has 8 heteroatoms. The van der Waals surface area contributed by atoms with E-state index in [1.165, 1.54) is 4.90 Å². The number of anilines is 2. The van der Waals surface area contributed by atoms with Gasteiger partial charge in [0, 0.05) is 12.2 Å². The van der Waals surface area contributed by atoms with Crippen LogP contribution >= 0.6 is 0 Å². The van der Waals surface area contributed by atoms with Crippen LogP contribution in [0, 0.1) is 0 Å². The monoisotopic (exact) mass is 459 g/mol. The number of carbonyl (C=O) groups excluding carboxylic acids is 3. The van der Waals surface area contributed by atoms with Crippen molar-refractivity contribution in [2.24, 2.45) is 0 Å². The minimum atomic E-state index is -0.947. The fourth-order valence-electron chi connectivity index (χ4n) is 3.86. The third-order valence-electron chi connectivity index (χ3n) is 5.57. The van der Waals surface area contributed by atoms with Gasteiger partial charge in [0.05, 0.1) is 26.3 Å². The molecule has 174 valence electrons. The molecule has 1 atom stereocenters. The molecule has 1 aliphatic rings. The van der Waals surface area contributed by atoms with E-state index in [0.29, 0.717) is 22.9 Å². The van der Waals surface area contributed by atoms with Crippen molar-refractivity contribution < 1.29 is 23.9 Å². The van der Waals surface area contributed by atoms with Crippen molar-refractivity contribution in [1.82, 2.24) is 4.90 Å². The fourth-order valence-corrected chi connectivity index (χ4v) is 3.86. The summed E-state index contributed by atoms with van der Waals surface area (Å²) >= 11 is 0. The average Bonchev–Trinajstić information content (AvgIpc) is 3.09. The molecule has 0 unspecified atom stereocenters. The number of rotatable bonds is 8. The zero-order chi connectivity index (χ0) is 24.1.